The highest BCUT2D eigenvalue weighted by molar-refractivity contribution is 5.98. The number of para-hydroxylation sites is 2. The molecule has 2 unspecified atom stereocenters. The Hall–Kier alpha value is -2.67. The molecule has 2 atom stereocenters. The number of fused-ring (bicyclic) bond motifs is 2. The predicted molar refractivity (Wildman–Crippen MR) is 102 cm³/mol. The van der Waals surface area contributed by atoms with Crippen molar-refractivity contribution in [3.63, 3.8) is 0 Å². The average molecular weight is 400 g/mol. The van der Waals surface area contributed by atoms with Crippen molar-refractivity contribution < 1.29 is 23.0 Å². The number of likely N-dealkylation sites (tertiary alicyclic amines) is 1. The number of carbonyl (C=O) groups excluding carboxylic acids is 1. The third-order valence-corrected chi connectivity index (χ3v) is 5.97. The molecule has 5 nitrogen and oxygen atoms in total. The summed E-state index contributed by atoms with van der Waals surface area (Å²) in [4.78, 5) is 16.7. The summed E-state index contributed by atoms with van der Waals surface area (Å²) in [5.74, 6) is -0.511. The highest BCUT2D eigenvalue weighted by Crippen LogP contribution is 2.33. The van der Waals surface area contributed by atoms with Crippen molar-refractivity contribution in [2.45, 2.75) is 31.5 Å². The van der Waals surface area contributed by atoms with Gasteiger partial charge in [-0.2, -0.15) is 0 Å². The summed E-state index contributed by atoms with van der Waals surface area (Å²) in [5, 5.41) is 0. The maximum absolute atomic E-state index is 14.1. The molecule has 3 aliphatic heterocycles. The Morgan fingerprint density at radius 2 is 1.93 bits per heavy atom. The van der Waals surface area contributed by atoms with Crippen molar-refractivity contribution in [3.05, 3.63) is 59.2 Å². The van der Waals surface area contributed by atoms with Crippen LogP contribution in [0.25, 0.3) is 0 Å². The zero-order valence-corrected chi connectivity index (χ0v) is 15.9. The minimum Gasteiger partial charge on any atom is -0.486 e. The first-order valence-electron chi connectivity index (χ1n) is 9.99. The van der Waals surface area contributed by atoms with Crippen LogP contribution in [0, 0.1) is 11.6 Å². The Balaban J connectivity index is 1.25. The van der Waals surface area contributed by atoms with E-state index in [0.717, 1.165) is 37.0 Å². The van der Waals surface area contributed by atoms with Crippen LogP contribution in [0.2, 0.25) is 0 Å². The summed E-state index contributed by atoms with van der Waals surface area (Å²) < 4.78 is 39.5. The van der Waals surface area contributed by atoms with Crippen molar-refractivity contribution >= 4 is 5.91 Å². The Morgan fingerprint density at radius 3 is 2.79 bits per heavy atom. The second kappa shape index (κ2) is 7.30. The van der Waals surface area contributed by atoms with Gasteiger partial charge in [0.15, 0.2) is 23.1 Å². The topological polar surface area (TPSA) is 42.0 Å². The number of halogens is 2. The minimum atomic E-state index is -0.905. The number of nitrogens with zero attached hydrogens (tertiary/aromatic N) is 2. The van der Waals surface area contributed by atoms with Gasteiger partial charge in [-0.1, -0.05) is 12.1 Å². The van der Waals surface area contributed by atoms with E-state index in [9.17, 15) is 13.6 Å². The van der Waals surface area contributed by atoms with Crippen LogP contribution >= 0.6 is 0 Å². The summed E-state index contributed by atoms with van der Waals surface area (Å²) in [6.45, 7) is 2.91. The lowest BCUT2D eigenvalue weighted by Crippen LogP contribution is -2.51. The van der Waals surface area contributed by atoms with E-state index < -0.39 is 11.6 Å². The van der Waals surface area contributed by atoms with Gasteiger partial charge in [0.2, 0.25) is 0 Å². The average Bonchev–Trinajstić information content (AvgIpc) is 3.08. The first kappa shape index (κ1) is 18.4. The molecule has 0 spiro atoms. The molecule has 3 aliphatic rings. The number of amides is 1. The monoisotopic (exact) mass is 400 g/mol. The molecule has 2 aromatic rings. The van der Waals surface area contributed by atoms with Crippen molar-refractivity contribution in [3.8, 4) is 11.5 Å². The molecule has 152 valence electrons. The van der Waals surface area contributed by atoms with Crippen LogP contribution in [-0.4, -0.2) is 54.1 Å². The van der Waals surface area contributed by atoms with Crippen LogP contribution in [0.15, 0.2) is 36.4 Å². The smallest absolute Gasteiger partial charge is 0.254 e. The number of piperidine rings is 1. The molecular weight excluding hydrogens is 378 g/mol. The van der Waals surface area contributed by atoms with E-state index in [0.29, 0.717) is 19.7 Å². The van der Waals surface area contributed by atoms with Gasteiger partial charge in [-0.15, -0.1) is 0 Å². The van der Waals surface area contributed by atoms with Crippen LogP contribution < -0.4 is 9.47 Å². The van der Waals surface area contributed by atoms with Gasteiger partial charge in [-0.3, -0.25) is 9.69 Å². The van der Waals surface area contributed by atoms with E-state index in [-0.39, 0.29) is 35.7 Å². The fourth-order valence-electron chi connectivity index (χ4n) is 4.53. The largest absolute Gasteiger partial charge is 0.486 e. The van der Waals surface area contributed by atoms with E-state index in [1.54, 1.807) is 4.90 Å². The normalized spacial score (nSPS) is 23.9. The molecule has 7 heteroatoms. The summed E-state index contributed by atoms with van der Waals surface area (Å²) in [5.41, 5.74) is 0.453. The van der Waals surface area contributed by atoms with Crippen LogP contribution in [0.1, 0.15) is 28.8 Å². The minimum absolute atomic E-state index is 0.0251. The van der Waals surface area contributed by atoms with Gasteiger partial charge in [0.25, 0.3) is 5.91 Å². The first-order chi connectivity index (χ1) is 14.1. The van der Waals surface area contributed by atoms with Crippen molar-refractivity contribution in [2.75, 3.05) is 26.2 Å². The third kappa shape index (κ3) is 3.33. The van der Waals surface area contributed by atoms with E-state index in [1.807, 2.05) is 24.3 Å². The molecular formula is C22H22F2N2O3. The first-order valence-corrected chi connectivity index (χ1v) is 9.99. The summed E-state index contributed by atoms with van der Waals surface area (Å²) in [6, 6.07) is 10.0. The van der Waals surface area contributed by atoms with Crippen LogP contribution in [0.5, 0.6) is 11.5 Å². The number of carbonyl (C=O) groups is 1. The van der Waals surface area contributed by atoms with Gasteiger partial charge >= 0.3 is 0 Å². The number of hydrogen-bond acceptors (Lipinski definition) is 4. The molecule has 0 saturated carbocycles. The molecule has 0 N–H and O–H groups in total. The van der Waals surface area contributed by atoms with E-state index in [2.05, 4.69) is 4.90 Å². The molecule has 5 rings (SSSR count). The van der Waals surface area contributed by atoms with Crippen LogP contribution in [0.4, 0.5) is 8.78 Å². The van der Waals surface area contributed by atoms with Gasteiger partial charge in [0, 0.05) is 30.3 Å². The summed E-state index contributed by atoms with van der Waals surface area (Å²) in [7, 11) is 0. The standard InChI is InChI=1S/C22H22F2N2O3/c23-18-8-7-16-17(21(18)24)12-26(22(16)27)14-4-3-9-25(10-14)11-15-13-28-19-5-1-2-6-20(19)29-15/h1-2,5-8,14-15H,3-4,9-13H2. The predicted octanol–water partition coefficient (Wildman–Crippen LogP) is 3.23. The lowest BCUT2D eigenvalue weighted by Gasteiger charge is -2.39. The van der Waals surface area contributed by atoms with Gasteiger partial charge in [0.1, 0.15) is 12.7 Å². The molecule has 0 aromatic heterocycles. The van der Waals surface area contributed by atoms with Crippen LogP contribution in [-0.2, 0) is 6.54 Å². The fourth-order valence-corrected chi connectivity index (χ4v) is 4.53. The maximum Gasteiger partial charge on any atom is 0.254 e. The zero-order chi connectivity index (χ0) is 20.0. The summed E-state index contributed by atoms with van der Waals surface area (Å²) >= 11 is 0. The quantitative estimate of drug-likeness (QED) is 0.794. The SMILES string of the molecule is O=C1c2ccc(F)c(F)c2CN1C1CCCN(CC2COc3ccccc3O2)C1. The molecule has 0 bridgehead atoms. The Labute approximate surface area is 167 Å². The van der Waals surface area contributed by atoms with Crippen molar-refractivity contribution in [1.29, 1.82) is 0 Å². The number of rotatable bonds is 3. The Morgan fingerprint density at radius 1 is 1.10 bits per heavy atom. The van der Waals surface area contributed by atoms with Gasteiger partial charge in [-0.05, 0) is 43.7 Å². The number of ether oxygens (including phenoxy) is 2. The van der Waals surface area contributed by atoms with Gasteiger partial charge in [-0.25, -0.2) is 8.78 Å². The Bertz CT molecular complexity index is 952. The number of hydrogen-bond donors (Lipinski definition) is 0. The second-order valence-electron chi connectivity index (χ2n) is 7.87. The fraction of sp³-hybridized carbons (Fsp3) is 0.409. The van der Waals surface area contributed by atoms with Crippen LogP contribution in [0.3, 0.4) is 0 Å². The second-order valence-corrected chi connectivity index (χ2v) is 7.87. The van der Waals surface area contributed by atoms with Gasteiger partial charge < -0.3 is 14.4 Å². The van der Waals surface area contributed by atoms with Crippen molar-refractivity contribution in [2.24, 2.45) is 0 Å². The maximum atomic E-state index is 14.1. The lowest BCUT2D eigenvalue weighted by atomic mass is 10.0. The third-order valence-electron chi connectivity index (χ3n) is 5.97. The lowest BCUT2D eigenvalue weighted by molar-refractivity contribution is 0.0306. The van der Waals surface area contributed by atoms with Gasteiger partial charge in [0.05, 0.1) is 6.54 Å². The van der Waals surface area contributed by atoms with E-state index >= 15 is 0 Å². The highest BCUT2D eigenvalue weighted by Gasteiger charge is 2.37. The molecule has 1 saturated heterocycles. The molecule has 0 radical (unpaired) electrons. The van der Waals surface area contributed by atoms with Crippen molar-refractivity contribution in [1.82, 2.24) is 9.80 Å². The van der Waals surface area contributed by atoms with E-state index in [1.165, 1.54) is 6.07 Å². The molecule has 1 fully saturated rings. The molecule has 0 aliphatic carbocycles. The molecule has 1 amide bonds. The number of benzene rings is 2. The molecule has 3 heterocycles. The zero-order valence-electron chi connectivity index (χ0n) is 15.9. The summed E-state index contributed by atoms with van der Waals surface area (Å²) in [6.07, 6.45) is 1.71. The highest BCUT2D eigenvalue weighted by atomic mass is 19.2. The molecule has 2 aromatic carbocycles. The molecule has 29 heavy (non-hydrogen) atoms. The Kier molecular flexibility index (Phi) is 4.62. The van der Waals surface area contributed by atoms with E-state index in [4.69, 9.17) is 9.47 Å².